The first-order valence-electron chi connectivity index (χ1n) is 5.93. The predicted octanol–water partition coefficient (Wildman–Crippen LogP) is 0.0297. The summed E-state index contributed by atoms with van der Waals surface area (Å²) in [6, 6.07) is 0. The maximum atomic E-state index is 12.2. The van der Waals surface area contributed by atoms with Crippen molar-refractivity contribution in [3.8, 4) is 0 Å². The summed E-state index contributed by atoms with van der Waals surface area (Å²) in [5.41, 5.74) is 0. The lowest BCUT2D eigenvalue weighted by molar-refractivity contribution is 0.186. The summed E-state index contributed by atoms with van der Waals surface area (Å²) < 4.78 is 27.4. The summed E-state index contributed by atoms with van der Waals surface area (Å²) in [5.74, 6) is 0.441. The van der Waals surface area contributed by atoms with E-state index in [1.165, 1.54) is 4.31 Å². The van der Waals surface area contributed by atoms with Crippen molar-refractivity contribution >= 4 is 10.2 Å². The summed E-state index contributed by atoms with van der Waals surface area (Å²) in [4.78, 5) is 0. The molecule has 0 aromatic rings. The van der Waals surface area contributed by atoms with Gasteiger partial charge in [-0.25, -0.2) is 0 Å². The van der Waals surface area contributed by atoms with Crippen molar-refractivity contribution in [3.05, 3.63) is 0 Å². The Kier molecular flexibility index (Phi) is 3.53. The van der Waals surface area contributed by atoms with Crippen LogP contribution in [0.1, 0.15) is 26.2 Å². The van der Waals surface area contributed by atoms with E-state index in [1.54, 1.807) is 4.31 Å². The standard InChI is InChI=1S/C10H20N2O3S/c1-9-3-2-5-11(7-9)16(14,15)12-6-4-10(13)8-12/h9-10,13H,2-8H2,1H3/t9?,10-/m0/s1. The molecule has 6 heteroatoms. The van der Waals surface area contributed by atoms with Gasteiger partial charge in [-0.3, -0.25) is 0 Å². The number of aliphatic hydroxyl groups is 1. The second kappa shape index (κ2) is 4.60. The Morgan fingerprint density at radius 1 is 1.12 bits per heavy atom. The lowest BCUT2D eigenvalue weighted by Gasteiger charge is -2.32. The Balaban J connectivity index is 2.06. The average Bonchev–Trinajstić information content (AvgIpc) is 2.65. The minimum atomic E-state index is -3.32. The Morgan fingerprint density at radius 2 is 1.81 bits per heavy atom. The molecular weight excluding hydrogens is 228 g/mol. The first-order valence-corrected chi connectivity index (χ1v) is 7.33. The lowest BCUT2D eigenvalue weighted by atomic mass is 10.0. The molecule has 2 heterocycles. The van der Waals surface area contributed by atoms with Crippen LogP contribution in [0.2, 0.25) is 0 Å². The van der Waals surface area contributed by atoms with Crippen LogP contribution in [0.4, 0.5) is 0 Å². The fourth-order valence-electron chi connectivity index (χ4n) is 2.44. The van der Waals surface area contributed by atoms with Crippen LogP contribution in [0.15, 0.2) is 0 Å². The van der Waals surface area contributed by atoms with Gasteiger partial charge in [-0.1, -0.05) is 6.92 Å². The van der Waals surface area contributed by atoms with Crippen LogP contribution in [0.5, 0.6) is 0 Å². The van der Waals surface area contributed by atoms with Gasteiger partial charge in [0.2, 0.25) is 0 Å². The van der Waals surface area contributed by atoms with Crippen LogP contribution in [-0.2, 0) is 10.2 Å². The third kappa shape index (κ3) is 2.40. The Labute approximate surface area is 97.2 Å². The van der Waals surface area contributed by atoms with E-state index in [9.17, 15) is 13.5 Å². The van der Waals surface area contributed by atoms with Crippen molar-refractivity contribution in [1.29, 1.82) is 0 Å². The molecule has 0 aromatic carbocycles. The van der Waals surface area contributed by atoms with Crippen LogP contribution in [-0.4, -0.2) is 54.4 Å². The molecule has 0 saturated carbocycles. The number of β-amino-alcohol motifs (C(OH)–C–C–N with tert-alkyl or cyclic N) is 1. The number of aliphatic hydroxyl groups excluding tert-OH is 1. The third-order valence-corrected chi connectivity index (χ3v) is 5.37. The van der Waals surface area contributed by atoms with Gasteiger partial charge in [0.25, 0.3) is 10.2 Å². The molecule has 0 spiro atoms. The van der Waals surface area contributed by atoms with Crippen molar-refractivity contribution in [2.24, 2.45) is 5.92 Å². The highest BCUT2D eigenvalue weighted by Gasteiger charge is 2.36. The number of rotatable bonds is 2. The highest BCUT2D eigenvalue weighted by molar-refractivity contribution is 7.86. The van der Waals surface area contributed by atoms with Crippen LogP contribution in [0, 0.1) is 5.92 Å². The number of hydrogen-bond donors (Lipinski definition) is 1. The fraction of sp³-hybridized carbons (Fsp3) is 1.00. The topological polar surface area (TPSA) is 60.9 Å². The van der Waals surface area contributed by atoms with Crippen LogP contribution in [0.25, 0.3) is 0 Å². The second-order valence-corrected chi connectivity index (χ2v) is 6.84. The molecule has 16 heavy (non-hydrogen) atoms. The van der Waals surface area contributed by atoms with Crippen molar-refractivity contribution in [3.63, 3.8) is 0 Å². The monoisotopic (exact) mass is 248 g/mol. The van der Waals surface area contributed by atoms with E-state index in [2.05, 4.69) is 6.92 Å². The molecule has 2 rings (SSSR count). The maximum absolute atomic E-state index is 12.2. The average molecular weight is 248 g/mol. The van der Waals surface area contributed by atoms with E-state index in [0.29, 0.717) is 32.0 Å². The normalized spacial score (nSPS) is 34.4. The van der Waals surface area contributed by atoms with E-state index >= 15 is 0 Å². The molecule has 0 aromatic heterocycles. The van der Waals surface area contributed by atoms with E-state index in [-0.39, 0.29) is 6.54 Å². The zero-order valence-electron chi connectivity index (χ0n) is 9.67. The maximum Gasteiger partial charge on any atom is 0.282 e. The SMILES string of the molecule is CC1CCCN(S(=O)(=O)N2CC[C@H](O)C2)C1. The minimum absolute atomic E-state index is 0.257. The first-order chi connectivity index (χ1) is 7.50. The minimum Gasteiger partial charge on any atom is -0.392 e. The van der Waals surface area contributed by atoms with Gasteiger partial charge in [0.15, 0.2) is 0 Å². The lowest BCUT2D eigenvalue weighted by Crippen LogP contribution is -2.47. The van der Waals surface area contributed by atoms with Gasteiger partial charge in [0.1, 0.15) is 0 Å². The molecule has 1 unspecified atom stereocenters. The van der Waals surface area contributed by atoms with Crippen LogP contribution < -0.4 is 0 Å². The zero-order valence-corrected chi connectivity index (χ0v) is 10.5. The highest BCUT2D eigenvalue weighted by atomic mass is 32.2. The molecular formula is C10H20N2O3S. The molecule has 0 amide bonds. The largest absolute Gasteiger partial charge is 0.392 e. The Bertz CT molecular complexity index is 344. The number of nitrogens with zero attached hydrogens (tertiary/aromatic N) is 2. The number of piperidine rings is 1. The van der Waals surface area contributed by atoms with Gasteiger partial charge < -0.3 is 5.11 Å². The van der Waals surface area contributed by atoms with E-state index in [1.807, 2.05) is 0 Å². The first kappa shape index (κ1) is 12.3. The van der Waals surface area contributed by atoms with Gasteiger partial charge in [0.05, 0.1) is 6.10 Å². The van der Waals surface area contributed by atoms with Crippen LogP contribution in [0.3, 0.4) is 0 Å². The van der Waals surface area contributed by atoms with Crippen molar-refractivity contribution in [1.82, 2.24) is 8.61 Å². The van der Waals surface area contributed by atoms with Gasteiger partial charge in [0, 0.05) is 26.2 Å². The van der Waals surface area contributed by atoms with Crippen molar-refractivity contribution in [2.45, 2.75) is 32.3 Å². The molecule has 2 fully saturated rings. The van der Waals surface area contributed by atoms with E-state index in [0.717, 1.165) is 12.8 Å². The molecule has 94 valence electrons. The molecule has 2 aliphatic rings. The van der Waals surface area contributed by atoms with E-state index in [4.69, 9.17) is 0 Å². The molecule has 2 saturated heterocycles. The molecule has 2 aliphatic heterocycles. The zero-order chi connectivity index (χ0) is 11.8. The Morgan fingerprint density at radius 3 is 2.38 bits per heavy atom. The second-order valence-electron chi connectivity index (χ2n) is 4.91. The molecule has 2 atom stereocenters. The molecule has 0 aliphatic carbocycles. The van der Waals surface area contributed by atoms with Gasteiger partial charge in [-0.15, -0.1) is 0 Å². The third-order valence-electron chi connectivity index (χ3n) is 3.40. The van der Waals surface area contributed by atoms with Crippen molar-refractivity contribution < 1.29 is 13.5 Å². The predicted molar refractivity (Wildman–Crippen MR) is 61.1 cm³/mol. The molecule has 0 bridgehead atoms. The molecule has 5 nitrogen and oxygen atoms in total. The quantitative estimate of drug-likeness (QED) is 0.750. The fourth-order valence-corrected chi connectivity index (χ4v) is 4.27. The summed E-state index contributed by atoms with van der Waals surface area (Å²) in [6.45, 7) is 4.04. The van der Waals surface area contributed by atoms with Gasteiger partial charge in [-0.2, -0.15) is 17.0 Å². The summed E-state index contributed by atoms with van der Waals surface area (Å²) in [6.07, 6.45) is 2.12. The van der Waals surface area contributed by atoms with Gasteiger partial charge >= 0.3 is 0 Å². The van der Waals surface area contributed by atoms with E-state index < -0.39 is 16.3 Å². The summed E-state index contributed by atoms with van der Waals surface area (Å²) in [5, 5.41) is 9.39. The Hall–Kier alpha value is -0.170. The van der Waals surface area contributed by atoms with Crippen molar-refractivity contribution in [2.75, 3.05) is 26.2 Å². The molecule has 0 radical (unpaired) electrons. The molecule has 1 N–H and O–H groups in total. The smallest absolute Gasteiger partial charge is 0.282 e. The highest BCUT2D eigenvalue weighted by Crippen LogP contribution is 2.23. The summed E-state index contributed by atoms with van der Waals surface area (Å²) in [7, 11) is -3.32. The summed E-state index contributed by atoms with van der Waals surface area (Å²) >= 11 is 0. The van der Waals surface area contributed by atoms with Gasteiger partial charge in [-0.05, 0) is 25.2 Å². The van der Waals surface area contributed by atoms with Crippen LogP contribution >= 0.6 is 0 Å². The number of hydrogen-bond acceptors (Lipinski definition) is 3.